The first kappa shape index (κ1) is 20.9. The molecule has 0 aliphatic heterocycles. The zero-order chi connectivity index (χ0) is 19.9. The Morgan fingerprint density at radius 2 is 1.78 bits per heavy atom. The van der Waals surface area contributed by atoms with E-state index in [1.165, 1.54) is 5.56 Å². The van der Waals surface area contributed by atoms with Crippen molar-refractivity contribution in [2.45, 2.75) is 58.7 Å². The lowest BCUT2D eigenvalue weighted by Crippen LogP contribution is -2.32. The number of benzene rings is 1. The number of aliphatic hydroxyl groups excluding tert-OH is 1. The largest absolute Gasteiger partial charge is 0.493 e. The number of ether oxygens (including phenoxy) is 2. The van der Waals surface area contributed by atoms with Crippen molar-refractivity contribution in [2.24, 2.45) is 0 Å². The summed E-state index contributed by atoms with van der Waals surface area (Å²) in [5.74, 6) is 0.139. The Balaban J connectivity index is 1.79. The van der Waals surface area contributed by atoms with Gasteiger partial charge in [0.05, 0.1) is 6.61 Å². The Labute approximate surface area is 161 Å². The Morgan fingerprint density at radius 3 is 2.33 bits per heavy atom. The van der Waals surface area contributed by atoms with Gasteiger partial charge in [-0.15, -0.1) is 0 Å². The zero-order valence-corrected chi connectivity index (χ0v) is 16.6. The highest BCUT2D eigenvalue weighted by Crippen LogP contribution is 2.16. The second-order valence-corrected chi connectivity index (χ2v) is 7.51. The Morgan fingerprint density at radius 1 is 1.11 bits per heavy atom. The molecule has 1 N–H and O–H groups in total. The number of hydrogen-bond acceptors (Lipinski definition) is 5. The highest BCUT2D eigenvalue weighted by atomic mass is 16.6. The van der Waals surface area contributed by atoms with Gasteiger partial charge in [0.15, 0.2) is 6.10 Å². The molecule has 1 aromatic carbocycles. The average molecular weight is 371 g/mol. The van der Waals surface area contributed by atoms with Crippen LogP contribution in [0.15, 0.2) is 42.6 Å². The molecule has 0 aliphatic rings. The summed E-state index contributed by atoms with van der Waals surface area (Å²) in [4.78, 5) is 16.3. The lowest BCUT2D eigenvalue weighted by Gasteiger charge is -2.21. The molecule has 0 bridgehead atoms. The number of aryl methyl sites for hydroxylation is 1. The molecule has 27 heavy (non-hydrogen) atoms. The predicted molar refractivity (Wildman–Crippen MR) is 105 cm³/mol. The number of aliphatic hydroxyl groups is 1. The summed E-state index contributed by atoms with van der Waals surface area (Å²) in [7, 11) is 0. The van der Waals surface area contributed by atoms with Crippen molar-refractivity contribution >= 4 is 5.97 Å². The van der Waals surface area contributed by atoms with E-state index in [0.29, 0.717) is 6.61 Å². The lowest BCUT2D eigenvalue weighted by atomic mass is 10.1. The number of pyridine rings is 1. The molecule has 0 aliphatic carbocycles. The highest BCUT2D eigenvalue weighted by molar-refractivity contribution is 5.75. The maximum atomic E-state index is 11.8. The smallest absolute Gasteiger partial charge is 0.335 e. The molecule has 1 aromatic heterocycles. The quantitative estimate of drug-likeness (QED) is 0.719. The second kappa shape index (κ2) is 9.51. The van der Waals surface area contributed by atoms with Crippen molar-refractivity contribution in [2.75, 3.05) is 6.61 Å². The van der Waals surface area contributed by atoms with Crippen LogP contribution in [0.1, 0.15) is 44.5 Å². The summed E-state index contributed by atoms with van der Waals surface area (Å²) in [5, 5.41) is 10.00. The molecule has 0 amide bonds. The van der Waals surface area contributed by atoms with E-state index in [4.69, 9.17) is 9.47 Å². The number of nitrogens with zero attached hydrogens (tertiary/aromatic N) is 1. The van der Waals surface area contributed by atoms with Gasteiger partial charge < -0.3 is 14.6 Å². The van der Waals surface area contributed by atoms with E-state index >= 15 is 0 Å². The fraction of sp³-hybridized carbons (Fsp3) is 0.455. The van der Waals surface area contributed by atoms with Gasteiger partial charge in [0.2, 0.25) is 0 Å². The normalized spacial score (nSPS) is 12.5. The van der Waals surface area contributed by atoms with Gasteiger partial charge in [0, 0.05) is 24.7 Å². The molecule has 5 heteroatoms. The van der Waals surface area contributed by atoms with Crippen LogP contribution in [0.2, 0.25) is 0 Å². The van der Waals surface area contributed by atoms with Gasteiger partial charge >= 0.3 is 5.97 Å². The maximum Gasteiger partial charge on any atom is 0.335 e. The summed E-state index contributed by atoms with van der Waals surface area (Å²) in [6.07, 6.45) is 2.67. The molecule has 5 nitrogen and oxygen atoms in total. The Hall–Kier alpha value is -2.40. The minimum absolute atomic E-state index is 0.211. The van der Waals surface area contributed by atoms with Crippen molar-refractivity contribution in [1.82, 2.24) is 4.98 Å². The van der Waals surface area contributed by atoms with Crippen molar-refractivity contribution in [1.29, 1.82) is 0 Å². The second-order valence-electron chi connectivity index (χ2n) is 7.51. The molecule has 2 aromatic rings. The van der Waals surface area contributed by atoms with E-state index in [9.17, 15) is 9.90 Å². The van der Waals surface area contributed by atoms with E-state index in [2.05, 4.69) is 18.0 Å². The topological polar surface area (TPSA) is 68.7 Å². The van der Waals surface area contributed by atoms with Crippen LogP contribution >= 0.6 is 0 Å². The van der Waals surface area contributed by atoms with E-state index in [0.717, 1.165) is 29.8 Å². The molecule has 0 fully saturated rings. The fourth-order valence-electron chi connectivity index (χ4n) is 2.48. The van der Waals surface area contributed by atoms with Crippen LogP contribution in [0.4, 0.5) is 0 Å². The molecule has 0 spiro atoms. The lowest BCUT2D eigenvalue weighted by molar-refractivity contribution is -0.164. The molecular weight excluding hydrogens is 342 g/mol. The number of hydrogen-bond donors (Lipinski definition) is 1. The maximum absolute atomic E-state index is 11.8. The SMILES string of the molecule is CCc1ccc(CCOc2ccc(CC(O)C(=O)OC(C)(C)C)cc2)nc1. The highest BCUT2D eigenvalue weighted by Gasteiger charge is 2.23. The Bertz CT molecular complexity index is 717. The molecular formula is C22H29NO4. The van der Waals surface area contributed by atoms with Crippen LogP contribution in [0.3, 0.4) is 0 Å². The standard InChI is InChI=1S/C22H29NO4/c1-5-16-6-9-18(23-15-16)12-13-26-19-10-7-17(8-11-19)14-20(24)21(25)27-22(2,3)4/h6-11,15,20,24H,5,12-14H2,1-4H3. The van der Waals surface area contributed by atoms with Crippen LogP contribution in [-0.4, -0.2) is 34.4 Å². The molecule has 1 heterocycles. The van der Waals surface area contributed by atoms with Gasteiger partial charge in [-0.3, -0.25) is 4.98 Å². The molecule has 2 rings (SSSR count). The molecule has 0 saturated carbocycles. The van der Waals surface area contributed by atoms with E-state index < -0.39 is 17.7 Å². The summed E-state index contributed by atoms with van der Waals surface area (Å²) in [5.41, 5.74) is 2.47. The third-order valence-corrected chi connectivity index (χ3v) is 3.95. The molecule has 1 atom stereocenters. The van der Waals surface area contributed by atoms with E-state index in [1.807, 2.05) is 36.5 Å². The summed E-state index contributed by atoms with van der Waals surface area (Å²) in [6, 6.07) is 11.5. The van der Waals surface area contributed by atoms with Gasteiger partial charge in [-0.2, -0.15) is 0 Å². The average Bonchev–Trinajstić information content (AvgIpc) is 2.62. The summed E-state index contributed by atoms with van der Waals surface area (Å²) >= 11 is 0. The van der Waals surface area contributed by atoms with Crippen LogP contribution in [0.5, 0.6) is 5.75 Å². The monoisotopic (exact) mass is 371 g/mol. The first-order valence-electron chi connectivity index (χ1n) is 9.33. The molecule has 146 valence electrons. The van der Waals surface area contributed by atoms with Crippen LogP contribution in [-0.2, 0) is 28.8 Å². The zero-order valence-electron chi connectivity index (χ0n) is 16.6. The predicted octanol–water partition coefficient (Wildman–Crippen LogP) is 3.51. The summed E-state index contributed by atoms with van der Waals surface area (Å²) in [6.45, 7) is 7.97. The van der Waals surface area contributed by atoms with Crippen LogP contribution in [0, 0.1) is 0 Å². The minimum atomic E-state index is -1.17. The van der Waals surface area contributed by atoms with Gasteiger partial charge in [-0.1, -0.05) is 25.1 Å². The van der Waals surface area contributed by atoms with Gasteiger partial charge in [-0.05, 0) is 56.5 Å². The first-order chi connectivity index (χ1) is 12.8. The van der Waals surface area contributed by atoms with Crippen molar-refractivity contribution in [3.8, 4) is 5.75 Å². The van der Waals surface area contributed by atoms with E-state index in [-0.39, 0.29) is 6.42 Å². The van der Waals surface area contributed by atoms with Gasteiger partial charge in [-0.25, -0.2) is 4.79 Å². The van der Waals surface area contributed by atoms with Crippen LogP contribution < -0.4 is 4.74 Å². The van der Waals surface area contributed by atoms with Gasteiger partial charge in [0.1, 0.15) is 11.4 Å². The van der Waals surface area contributed by atoms with Crippen LogP contribution in [0.25, 0.3) is 0 Å². The first-order valence-corrected chi connectivity index (χ1v) is 9.33. The molecule has 0 saturated heterocycles. The Kier molecular flexibility index (Phi) is 7.36. The number of aromatic nitrogens is 1. The van der Waals surface area contributed by atoms with Crippen molar-refractivity contribution in [3.63, 3.8) is 0 Å². The van der Waals surface area contributed by atoms with Gasteiger partial charge in [0.25, 0.3) is 0 Å². The number of carbonyl (C=O) groups excluding carboxylic acids is 1. The van der Waals surface area contributed by atoms with Crippen molar-refractivity contribution < 1.29 is 19.4 Å². The van der Waals surface area contributed by atoms with Crippen molar-refractivity contribution in [3.05, 3.63) is 59.4 Å². The number of carbonyl (C=O) groups is 1. The summed E-state index contributed by atoms with van der Waals surface area (Å²) < 4.78 is 10.9. The van der Waals surface area contributed by atoms with E-state index in [1.54, 1.807) is 20.8 Å². The molecule has 1 unspecified atom stereocenters. The third kappa shape index (κ3) is 7.39. The number of rotatable bonds is 8. The minimum Gasteiger partial charge on any atom is -0.493 e. The fourth-order valence-corrected chi connectivity index (χ4v) is 2.48. The number of esters is 1. The molecule has 0 radical (unpaired) electrons. The third-order valence-electron chi connectivity index (χ3n) is 3.95.